The molecular weight excluding hydrogens is 320 g/mol. The molecule has 0 bridgehead atoms. The molecule has 1 aromatic heterocycles. The third kappa shape index (κ3) is 4.20. The van der Waals surface area contributed by atoms with Crippen LogP contribution < -0.4 is 10.1 Å². The Labute approximate surface area is 145 Å². The number of ether oxygens (including phenoxy) is 1. The van der Waals surface area contributed by atoms with Gasteiger partial charge in [0.15, 0.2) is 0 Å². The van der Waals surface area contributed by atoms with E-state index in [2.05, 4.69) is 22.4 Å². The summed E-state index contributed by atoms with van der Waals surface area (Å²) in [6.45, 7) is 0.435. The van der Waals surface area contributed by atoms with Gasteiger partial charge in [0.1, 0.15) is 10.8 Å². The Morgan fingerprint density at radius 2 is 1.88 bits per heavy atom. The third-order valence-electron chi connectivity index (χ3n) is 3.57. The summed E-state index contributed by atoms with van der Waals surface area (Å²) in [5.41, 5.74) is 1.87. The molecule has 24 heavy (non-hydrogen) atoms. The number of nitrogens with one attached hydrogen (secondary N) is 1. The van der Waals surface area contributed by atoms with Crippen molar-refractivity contribution in [1.29, 1.82) is 0 Å². The average molecular weight is 338 g/mol. The number of aromatic nitrogens is 1. The standard InChI is InChI=1S/C19H18N2O2S/c1-23-16-9-7-15(8-10-16)19(22)21-13-18-20-12-17(24-18)11-14-5-3-2-4-6-14/h2-10,12H,11,13H2,1H3,(H,21,22). The van der Waals surface area contributed by atoms with E-state index in [0.29, 0.717) is 12.1 Å². The number of benzene rings is 2. The Hall–Kier alpha value is -2.66. The molecule has 0 fully saturated rings. The number of methoxy groups -OCH3 is 1. The summed E-state index contributed by atoms with van der Waals surface area (Å²) < 4.78 is 5.09. The first-order valence-electron chi connectivity index (χ1n) is 7.64. The third-order valence-corrected chi connectivity index (χ3v) is 4.57. The van der Waals surface area contributed by atoms with Gasteiger partial charge in [-0.1, -0.05) is 30.3 Å². The molecule has 1 heterocycles. The molecule has 0 radical (unpaired) electrons. The van der Waals surface area contributed by atoms with E-state index in [1.165, 1.54) is 10.4 Å². The van der Waals surface area contributed by atoms with E-state index in [-0.39, 0.29) is 5.91 Å². The molecule has 0 aliphatic heterocycles. The van der Waals surface area contributed by atoms with E-state index in [1.54, 1.807) is 42.7 Å². The second kappa shape index (κ2) is 7.75. The minimum atomic E-state index is -0.113. The molecule has 0 aliphatic carbocycles. The minimum Gasteiger partial charge on any atom is -0.497 e. The smallest absolute Gasteiger partial charge is 0.251 e. The van der Waals surface area contributed by atoms with Crippen LogP contribution in [0.2, 0.25) is 0 Å². The van der Waals surface area contributed by atoms with Gasteiger partial charge in [0.2, 0.25) is 0 Å². The van der Waals surface area contributed by atoms with Crippen LogP contribution in [0.1, 0.15) is 25.8 Å². The van der Waals surface area contributed by atoms with Crippen LogP contribution in [0.15, 0.2) is 60.8 Å². The van der Waals surface area contributed by atoms with Gasteiger partial charge >= 0.3 is 0 Å². The van der Waals surface area contributed by atoms with Gasteiger partial charge in [-0.2, -0.15) is 0 Å². The molecule has 0 unspecified atom stereocenters. The number of hydrogen-bond acceptors (Lipinski definition) is 4. The van der Waals surface area contributed by atoms with E-state index in [1.807, 2.05) is 24.4 Å². The number of rotatable bonds is 6. The lowest BCUT2D eigenvalue weighted by atomic mass is 10.1. The Balaban J connectivity index is 1.55. The van der Waals surface area contributed by atoms with Crippen LogP contribution in [0.25, 0.3) is 0 Å². The molecule has 1 N–H and O–H groups in total. The van der Waals surface area contributed by atoms with Crippen molar-refractivity contribution in [1.82, 2.24) is 10.3 Å². The van der Waals surface area contributed by atoms with Crippen molar-refractivity contribution in [2.24, 2.45) is 0 Å². The van der Waals surface area contributed by atoms with Crippen molar-refractivity contribution in [3.05, 3.63) is 81.8 Å². The van der Waals surface area contributed by atoms with Crippen LogP contribution in [0, 0.1) is 0 Å². The molecule has 2 aromatic carbocycles. The molecular formula is C19H18N2O2S. The number of nitrogens with zero attached hydrogens (tertiary/aromatic N) is 1. The van der Waals surface area contributed by atoms with Gasteiger partial charge in [0.05, 0.1) is 13.7 Å². The molecule has 3 rings (SSSR count). The molecule has 0 saturated heterocycles. The van der Waals surface area contributed by atoms with Crippen LogP contribution in [0.3, 0.4) is 0 Å². The van der Waals surface area contributed by atoms with Gasteiger partial charge in [0.25, 0.3) is 5.91 Å². The summed E-state index contributed by atoms with van der Waals surface area (Å²) in [7, 11) is 1.60. The molecule has 0 aliphatic rings. The van der Waals surface area contributed by atoms with Gasteiger partial charge in [-0.05, 0) is 29.8 Å². The molecule has 1 amide bonds. The van der Waals surface area contributed by atoms with E-state index in [4.69, 9.17) is 4.74 Å². The first-order valence-corrected chi connectivity index (χ1v) is 8.46. The highest BCUT2D eigenvalue weighted by atomic mass is 32.1. The fourth-order valence-corrected chi connectivity index (χ4v) is 3.21. The highest BCUT2D eigenvalue weighted by molar-refractivity contribution is 7.11. The largest absolute Gasteiger partial charge is 0.497 e. The Kier molecular flexibility index (Phi) is 5.23. The van der Waals surface area contributed by atoms with Gasteiger partial charge in [-0.25, -0.2) is 4.98 Å². The quantitative estimate of drug-likeness (QED) is 0.746. The molecule has 5 heteroatoms. The van der Waals surface area contributed by atoms with Crippen LogP contribution in [0.4, 0.5) is 0 Å². The first-order chi connectivity index (χ1) is 11.7. The van der Waals surface area contributed by atoms with E-state index >= 15 is 0 Å². The summed E-state index contributed by atoms with van der Waals surface area (Å²) in [6.07, 6.45) is 2.75. The average Bonchev–Trinajstić information content (AvgIpc) is 3.08. The Morgan fingerprint density at radius 1 is 1.12 bits per heavy atom. The summed E-state index contributed by atoms with van der Waals surface area (Å²) in [5.74, 6) is 0.620. The Morgan fingerprint density at radius 3 is 2.58 bits per heavy atom. The molecule has 3 aromatic rings. The fraction of sp³-hybridized carbons (Fsp3) is 0.158. The highest BCUT2D eigenvalue weighted by Crippen LogP contribution is 2.17. The van der Waals surface area contributed by atoms with Crippen molar-refractivity contribution in [3.63, 3.8) is 0 Å². The summed E-state index contributed by atoms with van der Waals surface area (Å²) in [6, 6.07) is 17.3. The van der Waals surface area contributed by atoms with Crippen molar-refractivity contribution in [2.45, 2.75) is 13.0 Å². The maximum Gasteiger partial charge on any atom is 0.251 e. The van der Waals surface area contributed by atoms with E-state index in [9.17, 15) is 4.79 Å². The zero-order valence-corrected chi connectivity index (χ0v) is 14.2. The topological polar surface area (TPSA) is 51.2 Å². The number of thiazole rings is 1. The first kappa shape index (κ1) is 16.2. The minimum absolute atomic E-state index is 0.113. The second-order valence-electron chi connectivity index (χ2n) is 5.29. The molecule has 4 nitrogen and oxygen atoms in total. The Bertz CT molecular complexity index is 798. The predicted octanol–water partition coefficient (Wildman–Crippen LogP) is 3.67. The maximum absolute atomic E-state index is 12.1. The van der Waals surface area contributed by atoms with Crippen LogP contribution >= 0.6 is 11.3 Å². The van der Waals surface area contributed by atoms with Gasteiger partial charge < -0.3 is 10.1 Å². The molecule has 0 spiro atoms. The van der Waals surface area contributed by atoms with E-state index in [0.717, 1.165) is 17.2 Å². The lowest BCUT2D eigenvalue weighted by Crippen LogP contribution is -2.22. The van der Waals surface area contributed by atoms with Gasteiger partial charge in [-0.15, -0.1) is 11.3 Å². The zero-order valence-electron chi connectivity index (χ0n) is 13.4. The van der Waals surface area contributed by atoms with Gasteiger partial charge in [0, 0.05) is 23.1 Å². The van der Waals surface area contributed by atoms with Crippen molar-refractivity contribution < 1.29 is 9.53 Å². The zero-order chi connectivity index (χ0) is 16.8. The normalized spacial score (nSPS) is 10.4. The lowest BCUT2D eigenvalue weighted by molar-refractivity contribution is 0.0951. The maximum atomic E-state index is 12.1. The highest BCUT2D eigenvalue weighted by Gasteiger charge is 2.08. The SMILES string of the molecule is COc1ccc(C(=O)NCc2ncc(Cc3ccccc3)s2)cc1. The summed E-state index contributed by atoms with van der Waals surface area (Å²) in [4.78, 5) is 17.7. The summed E-state index contributed by atoms with van der Waals surface area (Å²) >= 11 is 1.63. The number of carbonyl (C=O) groups is 1. The molecule has 0 atom stereocenters. The number of hydrogen-bond donors (Lipinski definition) is 1. The van der Waals surface area contributed by atoms with Crippen LogP contribution in [-0.2, 0) is 13.0 Å². The molecule has 0 saturated carbocycles. The van der Waals surface area contributed by atoms with Crippen molar-refractivity contribution >= 4 is 17.2 Å². The predicted molar refractivity (Wildman–Crippen MR) is 95.5 cm³/mol. The van der Waals surface area contributed by atoms with Crippen molar-refractivity contribution in [2.75, 3.05) is 7.11 Å². The fourth-order valence-electron chi connectivity index (χ4n) is 2.31. The van der Waals surface area contributed by atoms with Crippen LogP contribution in [0.5, 0.6) is 5.75 Å². The lowest BCUT2D eigenvalue weighted by Gasteiger charge is -2.04. The second-order valence-corrected chi connectivity index (χ2v) is 6.49. The van der Waals surface area contributed by atoms with Crippen molar-refractivity contribution in [3.8, 4) is 5.75 Å². The van der Waals surface area contributed by atoms with Crippen LogP contribution in [-0.4, -0.2) is 18.0 Å². The number of carbonyl (C=O) groups excluding carboxylic acids is 1. The molecule has 122 valence electrons. The van der Waals surface area contributed by atoms with E-state index < -0.39 is 0 Å². The monoisotopic (exact) mass is 338 g/mol. The summed E-state index contributed by atoms with van der Waals surface area (Å²) in [5, 5.41) is 3.80. The number of amides is 1. The van der Waals surface area contributed by atoms with Gasteiger partial charge in [-0.3, -0.25) is 4.79 Å².